The molecule has 0 amide bonds. The second kappa shape index (κ2) is 7.24. The summed E-state index contributed by atoms with van der Waals surface area (Å²) in [5, 5.41) is 4.63. The van der Waals surface area contributed by atoms with Gasteiger partial charge in [0.15, 0.2) is 0 Å². The zero-order valence-corrected chi connectivity index (χ0v) is 17.1. The van der Waals surface area contributed by atoms with Crippen LogP contribution in [-0.4, -0.2) is 21.3 Å². The third kappa shape index (κ3) is 3.11. The summed E-state index contributed by atoms with van der Waals surface area (Å²) in [5.74, 6) is 1.54. The molecule has 0 atom stereocenters. The van der Waals surface area contributed by atoms with Crippen LogP contribution in [0.2, 0.25) is 0 Å². The van der Waals surface area contributed by atoms with Crippen LogP contribution in [0.4, 0.5) is 0 Å². The fourth-order valence-electron chi connectivity index (χ4n) is 3.38. The lowest BCUT2D eigenvalue weighted by molar-refractivity contribution is 0.340. The van der Waals surface area contributed by atoms with Gasteiger partial charge in [0, 0.05) is 16.0 Å². The van der Waals surface area contributed by atoms with Crippen molar-refractivity contribution in [2.45, 2.75) is 34.2 Å². The largest absolute Gasteiger partial charge is 0.494 e. The Kier molecular flexibility index (Phi) is 4.77. The lowest BCUT2D eigenvalue weighted by Gasteiger charge is -2.07. The molecule has 0 fully saturated rings. The van der Waals surface area contributed by atoms with Crippen molar-refractivity contribution in [2.75, 3.05) is 6.61 Å². The molecule has 3 heterocycles. The van der Waals surface area contributed by atoms with Crippen LogP contribution in [0.25, 0.3) is 21.3 Å². The monoisotopic (exact) mass is 395 g/mol. The molecule has 0 N–H and O–H groups in total. The van der Waals surface area contributed by atoms with Crippen LogP contribution in [-0.2, 0) is 6.54 Å². The Morgan fingerprint density at radius 2 is 1.93 bits per heavy atom. The second-order valence-corrected chi connectivity index (χ2v) is 7.85. The van der Waals surface area contributed by atoms with Crippen LogP contribution in [0.5, 0.6) is 5.75 Å². The zero-order valence-electron chi connectivity index (χ0n) is 16.3. The Bertz CT molecular complexity index is 1180. The predicted molar refractivity (Wildman–Crippen MR) is 110 cm³/mol. The minimum Gasteiger partial charge on any atom is -0.494 e. The summed E-state index contributed by atoms with van der Waals surface area (Å²) in [6.45, 7) is 8.72. The minimum absolute atomic E-state index is 0.0572. The Hall–Kier alpha value is -2.93. The quantitative estimate of drug-likeness (QED) is 0.498. The van der Waals surface area contributed by atoms with Gasteiger partial charge in [-0.15, -0.1) is 11.3 Å². The van der Waals surface area contributed by atoms with Crippen LogP contribution in [0.15, 0.2) is 39.9 Å². The molecule has 0 unspecified atom stereocenters. The number of aryl methyl sites for hydroxylation is 3. The van der Waals surface area contributed by atoms with Crippen molar-refractivity contribution in [2.24, 2.45) is 0 Å². The summed E-state index contributed by atoms with van der Waals surface area (Å²) in [6, 6.07) is 7.84. The average Bonchev–Trinajstić information content (AvgIpc) is 3.18. The van der Waals surface area contributed by atoms with E-state index >= 15 is 0 Å². The average molecular weight is 395 g/mol. The summed E-state index contributed by atoms with van der Waals surface area (Å²) in [4.78, 5) is 19.7. The molecule has 28 heavy (non-hydrogen) atoms. The number of thiophene rings is 1. The van der Waals surface area contributed by atoms with Crippen molar-refractivity contribution in [3.05, 3.63) is 62.8 Å². The first-order chi connectivity index (χ1) is 13.5. The Labute approximate surface area is 166 Å². The highest BCUT2D eigenvalue weighted by Gasteiger charge is 2.18. The standard InChI is InChI=1S/C21H21N3O3S/c1-5-26-16-8-6-15(7-9-16)18-14(4)28-20-19(18)21(25)24(11-22-20)10-17-12(2)23-27-13(17)3/h6-9,11H,5,10H2,1-4H3. The molecule has 0 saturated carbocycles. The first kappa shape index (κ1) is 18.4. The lowest BCUT2D eigenvalue weighted by Crippen LogP contribution is -2.21. The van der Waals surface area contributed by atoms with Crippen LogP contribution in [0.3, 0.4) is 0 Å². The first-order valence-electron chi connectivity index (χ1n) is 9.13. The van der Waals surface area contributed by atoms with Crippen molar-refractivity contribution in [3.63, 3.8) is 0 Å². The Morgan fingerprint density at radius 3 is 2.57 bits per heavy atom. The number of hydrogen-bond donors (Lipinski definition) is 0. The van der Waals surface area contributed by atoms with E-state index in [1.54, 1.807) is 10.9 Å². The van der Waals surface area contributed by atoms with Gasteiger partial charge in [0.25, 0.3) is 5.56 Å². The molecule has 0 aliphatic heterocycles. The topological polar surface area (TPSA) is 70.2 Å². The van der Waals surface area contributed by atoms with E-state index in [0.29, 0.717) is 18.5 Å². The number of ether oxygens (including phenoxy) is 1. The normalized spacial score (nSPS) is 11.3. The highest BCUT2D eigenvalue weighted by Crippen LogP contribution is 2.36. The number of benzene rings is 1. The van der Waals surface area contributed by atoms with E-state index in [-0.39, 0.29) is 5.56 Å². The number of rotatable bonds is 5. The van der Waals surface area contributed by atoms with E-state index in [0.717, 1.165) is 43.6 Å². The summed E-state index contributed by atoms with van der Waals surface area (Å²) in [5.41, 5.74) is 3.57. The van der Waals surface area contributed by atoms with E-state index in [4.69, 9.17) is 9.26 Å². The van der Waals surface area contributed by atoms with E-state index in [1.165, 1.54) is 11.3 Å². The molecule has 0 radical (unpaired) electrons. The maximum Gasteiger partial charge on any atom is 0.263 e. The van der Waals surface area contributed by atoms with Crippen molar-refractivity contribution < 1.29 is 9.26 Å². The molecule has 4 aromatic rings. The Morgan fingerprint density at radius 1 is 1.18 bits per heavy atom. The Balaban J connectivity index is 1.84. The number of hydrogen-bond acceptors (Lipinski definition) is 6. The van der Waals surface area contributed by atoms with Crippen LogP contribution >= 0.6 is 11.3 Å². The van der Waals surface area contributed by atoms with Gasteiger partial charge in [-0.1, -0.05) is 17.3 Å². The molecular weight excluding hydrogens is 374 g/mol. The van der Waals surface area contributed by atoms with Gasteiger partial charge in [-0.2, -0.15) is 0 Å². The predicted octanol–water partition coefficient (Wildman–Crippen LogP) is 4.49. The molecule has 0 aliphatic rings. The molecule has 4 rings (SSSR count). The van der Waals surface area contributed by atoms with E-state index in [9.17, 15) is 4.79 Å². The fraction of sp³-hybridized carbons (Fsp3) is 0.286. The number of nitrogens with zero attached hydrogens (tertiary/aromatic N) is 3. The smallest absolute Gasteiger partial charge is 0.263 e. The summed E-state index contributed by atoms with van der Waals surface area (Å²) < 4.78 is 12.4. The summed E-state index contributed by atoms with van der Waals surface area (Å²) >= 11 is 1.54. The van der Waals surface area contributed by atoms with Crippen LogP contribution < -0.4 is 10.3 Å². The molecule has 0 saturated heterocycles. The van der Waals surface area contributed by atoms with Crippen LogP contribution in [0.1, 0.15) is 28.8 Å². The van der Waals surface area contributed by atoms with Crippen molar-refractivity contribution in [3.8, 4) is 16.9 Å². The minimum atomic E-state index is -0.0572. The van der Waals surface area contributed by atoms with Gasteiger partial charge in [0.1, 0.15) is 16.3 Å². The highest BCUT2D eigenvalue weighted by atomic mass is 32.1. The fourth-order valence-corrected chi connectivity index (χ4v) is 4.38. The molecule has 0 spiro atoms. The van der Waals surface area contributed by atoms with E-state index in [2.05, 4.69) is 10.1 Å². The van der Waals surface area contributed by atoms with Gasteiger partial charge in [0.2, 0.25) is 0 Å². The zero-order chi connectivity index (χ0) is 19.8. The van der Waals surface area contributed by atoms with Gasteiger partial charge in [0.05, 0.1) is 30.6 Å². The molecule has 6 nitrogen and oxygen atoms in total. The molecule has 3 aromatic heterocycles. The maximum atomic E-state index is 13.3. The number of fused-ring (bicyclic) bond motifs is 1. The molecule has 0 aliphatic carbocycles. The SMILES string of the molecule is CCOc1ccc(-c2c(C)sc3ncn(Cc4c(C)noc4C)c(=O)c23)cc1. The molecule has 144 valence electrons. The van der Waals surface area contributed by atoms with E-state index < -0.39 is 0 Å². The third-order valence-electron chi connectivity index (χ3n) is 4.82. The van der Waals surface area contributed by atoms with Gasteiger partial charge < -0.3 is 9.26 Å². The summed E-state index contributed by atoms with van der Waals surface area (Å²) in [6.07, 6.45) is 1.61. The first-order valence-corrected chi connectivity index (χ1v) is 9.94. The number of aromatic nitrogens is 3. The van der Waals surface area contributed by atoms with Gasteiger partial charge in [-0.25, -0.2) is 4.98 Å². The van der Waals surface area contributed by atoms with Gasteiger partial charge in [-0.05, 0) is 45.4 Å². The van der Waals surface area contributed by atoms with Crippen molar-refractivity contribution in [1.82, 2.24) is 14.7 Å². The van der Waals surface area contributed by atoms with Gasteiger partial charge in [-0.3, -0.25) is 9.36 Å². The lowest BCUT2D eigenvalue weighted by atomic mass is 10.0. The molecular formula is C21H21N3O3S. The molecule has 7 heteroatoms. The molecule has 0 bridgehead atoms. The van der Waals surface area contributed by atoms with E-state index in [1.807, 2.05) is 52.0 Å². The second-order valence-electron chi connectivity index (χ2n) is 6.65. The maximum absolute atomic E-state index is 13.3. The summed E-state index contributed by atoms with van der Waals surface area (Å²) in [7, 11) is 0. The van der Waals surface area contributed by atoms with Gasteiger partial charge >= 0.3 is 0 Å². The molecule has 1 aromatic carbocycles. The third-order valence-corrected chi connectivity index (χ3v) is 5.83. The van der Waals surface area contributed by atoms with Crippen LogP contribution in [0, 0.1) is 20.8 Å². The highest BCUT2D eigenvalue weighted by molar-refractivity contribution is 7.19. The van der Waals surface area contributed by atoms with Crippen molar-refractivity contribution in [1.29, 1.82) is 0 Å². The van der Waals surface area contributed by atoms with Crippen molar-refractivity contribution >= 4 is 21.6 Å².